The van der Waals surface area contributed by atoms with E-state index in [1.54, 1.807) is 0 Å². The van der Waals surface area contributed by atoms with E-state index < -0.39 is 124 Å². The van der Waals surface area contributed by atoms with Crippen LogP contribution in [0.15, 0.2) is 122 Å². The first-order valence-corrected chi connectivity index (χ1v) is 45.3. The van der Waals surface area contributed by atoms with Gasteiger partial charge in [0.05, 0.1) is 38.6 Å². The van der Waals surface area contributed by atoms with Crippen LogP contribution in [0.4, 0.5) is 0 Å². The Hall–Kier alpha value is -3.81. The second kappa shape index (κ2) is 72.2. The maximum absolute atomic E-state index is 13.5. The number of unbranched alkanes of at least 4 members (excludes halogenated alkanes) is 36. The minimum absolute atomic E-state index is 0.242. The molecule has 3 aliphatic heterocycles. The normalized spacial score (nSPS) is 25.4. The Morgan fingerprint density at radius 1 is 0.327 bits per heavy atom. The summed E-state index contributed by atoms with van der Waals surface area (Å²) in [5, 5.41) is 121. The Morgan fingerprint density at radius 2 is 0.611 bits per heavy atom. The third kappa shape index (κ3) is 50.7. The van der Waals surface area contributed by atoms with Gasteiger partial charge in [0.15, 0.2) is 18.9 Å². The SMILES string of the molecule is CC/C=C\C/C=C\C/C=C\C/C=C\C/C=C\C/C=C\C/C=C\C/C=C\C/C=C\C/C=C\CCCCCCCCC(=O)NC(COC1OC(CO)C(OC2OC(CO)C(OC3OC(CO)C(O)C(O)C3O)C(O)C2O)C(O)C1O)C(O)CCCCCCCCCCCCCCCCCCCCCCCCCCCCCCCCC. The molecule has 3 aliphatic rings. The summed E-state index contributed by atoms with van der Waals surface area (Å²) in [5.41, 5.74) is 0. The number of aliphatic hydroxyl groups excluding tert-OH is 11. The molecule has 113 heavy (non-hydrogen) atoms. The summed E-state index contributed by atoms with van der Waals surface area (Å²) in [5.74, 6) is -0.258. The summed E-state index contributed by atoms with van der Waals surface area (Å²) in [7, 11) is 0. The van der Waals surface area contributed by atoms with E-state index in [0.717, 1.165) is 128 Å². The lowest BCUT2D eigenvalue weighted by molar-refractivity contribution is -0.379. The first kappa shape index (κ1) is 103. The van der Waals surface area contributed by atoms with E-state index in [2.05, 4.69) is 141 Å². The molecule has 17 unspecified atom stereocenters. The predicted octanol–water partition coefficient (Wildman–Crippen LogP) is 17.4. The quantitative estimate of drug-likeness (QED) is 0.0199. The summed E-state index contributed by atoms with van der Waals surface area (Å²) >= 11 is 0. The Bertz CT molecular complexity index is 2510. The van der Waals surface area contributed by atoms with Gasteiger partial charge in [-0.3, -0.25) is 4.79 Å². The lowest BCUT2D eigenvalue weighted by Gasteiger charge is -2.48. The third-order valence-electron chi connectivity index (χ3n) is 21.8. The van der Waals surface area contributed by atoms with Crippen LogP contribution in [-0.2, 0) is 33.2 Å². The van der Waals surface area contributed by atoms with Crippen molar-refractivity contribution >= 4 is 5.91 Å². The number of carbonyl (C=O) groups excluding carboxylic acids is 1. The van der Waals surface area contributed by atoms with Crippen molar-refractivity contribution in [1.82, 2.24) is 5.32 Å². The van der Waals surface area contributed by atoms with Crippen molar-refractivity contribution in [2.45, 2.75) is 439 Å². The van der Waals surface area contributed by atoms with E-state index in [-0.39, 0.29) is 18.9 Å². The van der Waals surface area contributed by atoms with Gasteiger partial charge in [0.2, 0.25) is 5.91 Å². The minimum atomic E-state index is -1.98. The lowest BCUT2D eigenvalue weighted by Crippen LogP contribution is -2.66. The topological polar surface area (TPSA) is 307 Å². The molecule has 0 aliphatic carbocycles. The molecule has 0 aromatic heterocycles. The number of amides is 1. The van der Waals surface area contributed by atoms with Crippen molar-refractivity contribution < 1.29 is 89.4 Å². The van der Waals surface area contributed by atoms with Crippen LogP contribution in [0.5, 0.6) is 0 Å². The van der Waals surface area contributed by atoms with Gasteiger partial charge in [0, 0.05) is 6.42 Å². The first-order valence-electron chi connectivity index (χ1n) is 45.3. The third-order valence-corrected chi connectivity index (χ3v) is 21.8. The van der Waals surface area contributed by atoms with Gasteiger partial charge in [-0.2, -0.15) is 0 Å². The van der Waals surface area contributed by atoms with Crippen LogP contribution in [0.3, 0.4) is 0 Å². The molecule has 3 fully saturated rings. The van der Waals surface area contributed by atoms with Gasteiger partial charge >= 0.3 is 0 Å². The van der Waals surface area contributed by atoms with Gasteiger partial charge < -0.3 is 89.9 Å². The number of hydrogen-bond acceptors (Lipinski definition) is 18. The molecule has 0 aromatic carbocycles. The van der Waals surface area contributed by atoms with E-state index in [1.807, 2.05) is 0 Å². The van der Waals surface area contributed by atoms with E-state index >= 15 is 0 Å². The smallest absolute Gasteiger partial charge is 0.220 e. The number of carbonyl (C=O) groups is 1. The van der Waals surface area contributed by atoms with Crippen LogP contribution in [0, 0.1) is 0 Å². The van der Waals surface area contributed by atoms with Crippen LogP contribution in [0.25, 0.3) is 0 Å². The van der Waals surface area contributed by atoms with Crippen molar-refractivity contribution in [2.75, 3.05) is 26.4 Å². The number of nitrogens with one attached hydrogen (secondary N) is 1. The van der Waals surface area contributed by atoms with Crippen LogP contribution >= 0.6 is 0 Å². The van der Waals surface area contributed by atoms with Crippen LogP contribution in [0.1, 0.15) is 335 Å². The summed E-state index contributed by atoms with van der Waals surface area (Å²) < 4.78 is 34.6. The Balaban J connectivity index is 1.34. The van der Waals surface area contributed by atoms with Crippen molar-refractivity contribution in [2.24, 2.45) is 0 Å². The molecule has 652 valence electrons. The maximum Gasteiger partial charge on any atom is 0.220 e. The molecular weight excluding hydrogens is 1430 g/mol. The van der Waals surface area contributed by atoms with Gasteiger partial charge in [-0.25, -0.2) is 0 Å². The van der Waals surface area contributed by atoms with Crippen LogP contribution in [-0.4, -0.2) is 193 Å². The molecule has 3 heterocycles. The molecule has 0 aromatic rings. The molecule has 0 bridgehead atoms. The highest BCUT2D eigenvalue weighted by atomic mass is 16.8. The fraction of sp³-hybridized carbons (Fsp3) is 0.777. The van der Waals surface area contributed by atoms with Crippen LogP contribution < -0.4 is 5.32 Å². The highest BCUT2D eigenvalue weighted by Gasteiger charge is 2.54. The number of ether oxygens (including phenoxy) is 6. The van der Waals surface area contributed by atoms with Gasteiger partial charge in [-0.05, 0) is 89.9 Å². The first-order chi connectivity index (χ1) is 55.3. The van der Waals surface area contributed by atoms with E-state index in [1.165, 1.54) is 173 Å². The monoisotopic (exact) mass is 1590 g/mol. The zero-order chi connectivity index (χ0) is 81.7. The highest BCUT2D eigenvalue weighted by Crippen LogP contribution is 2.34. The number of aliphatic hydroxyl groups is 11. The van der Waals surface area contributed by atoms with E-state index in [9.17, 15) is 61.0 Å². The maximum atomic E-state index is 13.5. The molecule has 19 heteroatoms. The number of allylic oxidation sites excluding steroid dienone is 20. The molecule has 12 N–H and O–H groups in total. The summed E-state index contributed by atoms with van der Waals surface area (Å²) in [6.07, 6.45) is 75.8. The van der Waals surface area contributed by atoms with E-state index in [4.69, 9.17) is 28.4 Å². The van der Waals surface area contributed by atoms with Gasteiger partial charge in [-0.15, -0.1) is 0 Å². The Morgan fingerprint density at radius 3 is 0.956 bits per heavy atom. The summed E-state index contributed by atoms with van der Waals surface area (Å²) in [4.78, 5) is 13.5. The van der Waals surface area contributed by atoms with Crippen molar-refractivity contribution in [1.29, 1.82) is 0 Å². The van der Waals surface area contributed by atoms with E-state index in [0.29, 0.717) is 12.8 Å². The molecule has 3 saturated heterocycles. The lowest BCUT2D eigenvalue weighted by atomic mass is 9.96. The van der Waals surface area contributed by atoms with Gasteiger partial charge in [-0.1, -0.05) is 360 Å². The second-order valence-corrected chi connectivity index (χ2v) is 31.7. The zero-order valence-corrected chi connectivity index (χ0v) is 70.3. The standard InChI is InChI=1S/C94H163NO18/c1-3-5-7-9-11-13-15-17-19-21-23-25-27-29-31-33-35-36-37-38-39-40-42-44-46-48-50-52-54-56-58-60-62-64-66-68-70-72-82(100)95-77(78(99)71-69-67-65-63-61-59-57-55-53-51-49-47-45-43-41-34-32-30-28-26-24-22-20-18-16-14-12-10-8-6-4-2)76-108-92-88(106)85(103)90(80(74-97)110-92)113-94-89(107)86(104)91(81(75-98)111-94)112-93-87(105)84(102)83(101)79(73-96)109-93/h5,7,11,13,17,19,23,25,29,31,35-36,38-39,42,44,48,50,54,56,77-81,83-94,96-99,101-107H,3-4,6,8-10,12,14-16,18,20-22,24,26-28,30,32-34,37,40-41,43,45-47,49,51-53,55,57-76H2,1-2H3,(H,95,100)/b7-5-,13-11-,19-17-,25-23-,31-29-,36-35-,39-38-,44-42-,50-48-,56-54-. The van der Waals surface area contributed by atoms with Crippen molar-refractivity contribution in [3.63, 3.8) is 0 Å². The minimum Gasteiger partial charge on any atom is -0.394 e. The fourth-order valence-electron chi connectivity index (χ4n) is 14.6. The largest absolute Gasteiger partial charge is 0.394 e. The van der Waals surface area contributed by atoms with Crippen LogP contribution in [0.2, 0.25) is 0 Å². The fourth-order valence-corrected chi connectivity index (χ4v) is 14.6. The number of hydrogen-bond donors (Lipinski definition) is 12. The highest BCUT2D eigenvalue weighted by molar-refractivity contribution is 5.76. The zero-order valence-electron chi connectivity index (χ0n) is 70.3. The van der Waals surface area contributed by atoms with Gasteiger partial charge in [0.1, 0.15) is 73.2 Å². The summed E-state index contributed by atoms with van der Waals surface area (Å²) in [6, 6.07) is -0.907. The predicted molar refractivity (Wildman–Crippen MR) is 457 cm³/mol. The average molecular weight is 1600 g/mol. The molecule has 3 rings (SSSR count). The number of rotatable bonds is 72. The molecule has 0 radical (unpaired) electrons. The molecule has 19 nitrogen and oxygen atoms in total. The average Bonchev–Trinajstić information content (AvgIpc) is 0.779. The Kier molecular flexibility index (Phi) is 66.1. The molecule has 1 amide bonds. The Labute approximate surface area is 684 Å². The molecule has 17 atom stereocenters. The molecular formula is C94H163NO18. The molecule has 0 spiro atoms. The second-order valence-electron chi connectivity index (χ2n) is 31.7. The van der Waals surface area contributed by atoms with Crippen molar-refractivity contribution in [3.05, 3.63) is 122 Å². The molecule has 0 saturated carbocycles. The summed E-state index contributed by atoms with van der Waals surface area (Å²) in [6.45, 7) is 1.71. The van der Waals surface area contributed by atoms with Crippen molar-refractivity contribution in [3.8, 4) is 0 Å². The van der Waals surface area contributed by atoms with Gasteiger partial charge in [0.25, 0.3) is 0 Å².